The summed E-state index contributed by atoms with van der Waals surface area (Å²) in [5, 5.41) is 12.0. The highest BCUT2D eigenvalue weighted by Crippen LogP contribution is 2.27. The molecule has 0 spiro atoms. The van der Waals surface area contributed by atoms with Crippen molar-refractivity contribution in [3.05, 3.63) is 0 Å². The zero-order chi connectivity index (χ0) is 14.0. The van der Waals surface area contributed by atoms with Gasteiger partial charge in [-0.1, -0.05) is 19.0 Å². The van der Waals surface area contributed by atoms with Gasteiger partial charge in [0.2, 0.25) is 0 Å². The van der Waals surface area contributed by atoms with Crippen LogP contribution in [-0.2, 0) is 0 Å². The molecule has 2 atom stereocenters. The summed E-state index contributed by atoms with van der Waals surface area (Å²) in [5.41, 5.74) is 5.52. The Kier molecular flexibility index (Phi) is 4.36. The lowest BCUT2D eigenvalue weighted by Gasteiger charge is -2.43. The quantitative estimate of drug-likeness (QED) is 0.349. The van der Waals surface area contributed by atoms with Crippen molar-refractivity contribution in [3.63, 3.8) is 0 Å². The largest absolute Gasteiger partial charge is 0.409 e. The number of amidine groups is 1. The van der Waals surface area contributed by atoms with Crippen LogP contribution in [-0.4, -0.2) is 59.1 Å². The first-order chi connectivity index (χ1) is 8.94. The second-order valence-electron chi connectivity index (χ2n) is 6.75. The van der Waals surface area contributed by atoms with Gasteiger partial charge in [0.15, 0.2) is 0 Å². The van der Waals surface area contributed by atoms with Gasteiger partial charge in [-0.25, -0.2) is 0 Å². The molecule has 5 heteroatoms. The highest BCUT2D eigenvalue weighted by molar-refractivity contribution is 5.85. The maximum absolute atomic E-state index is 8.83. The molecule has 110 valence electrons. The normalized spacial score (nSPS) is 30.6. The van der Waals surface area contributed by atoms with E-state index < -0.39 is 0 Å². The smallest absolute Gasteiger partial charge is 0.144 e. The number of oxime groups is 1. The van der Waals surface area contributed by atoms with Gasteiger partial charge in [-0.15, -0.1) is 0 Å². The number of piperazine rings is 1. The molecule has 19 heavy (non-hydrogen) atoms. The molecular weight excluding hydrogens is 240 g/mol. The Morgan fingerprint density at radius 1 is 1.42 bits per heavy atom. The van der Waals surface area contributed by atoms with Crippen molar-refractivity contribution >= 4 is 5.84 Å². The van der Waals surface area contributed by atoms with Gasteiger partial charge in [0.05, 0.1) is 0 Å². The molecule has 2 aliphatic rings. The van der Waals surface area contributed by atoms with Crippen LogP contribution in [0.2, 0.25) is 0 Å². The SMILES string of the molecule is CC1CN2CCCC2CN1CCC(C)(C)C(N)=NO. The number of nitrogens with two attached hydrogens (primary N) is 1. The van der Waals surface area contributed by atoms with E-state index in [1.54, 1.807) is 0 Å². The van der Waals surface area contributed by atoms with Crippen LogP contribution in [0.1, 0.15) is 40.0 Å². The minimum atomic E-state index is -0.235. The summed E-state index contributed by atoms with van der Waals surface area (Å²) >= 11 is 0. The predicted molar refractivity (Wildman–Crippen MR) is 77.4 cm³/mol. The monoisotopic (exact) mass is 268 g/mol. The number of hydrogen-bond acceptors (Lipinski definition) is 4. The predicted octanol–water partition coefficient (Wildman–Crippen LogP) is 1.32. The first kappa shape index (κ1) is 14.6. The third-order valence-corrected chi connectivity index (χ3v) is 4.89. The van der Waals surface area contributed by atoms with E-state index in [1.807, 2.05) is 13.8 Å². The average Bonchev–Trinajstić information content (AvgIpc) is 2.81. The summed E-state index contributed by atoms with van der Waals surface area (Å²) in [6.45, 7) is 11.1. The zero-order valence-electron chi connectivity index (χ0n) is 12.5. The van der Waals surface area contributed by atoms with Crippen molar-refractivity contribution < 1.29 is 5.21 Å². The molecule has 0 saturated carbocycles. The molecule has 2 fully saturated rings. The molecule has 3 N–H and O–H groups in total. The lowest BCUT2D eigenvalue weighted by Crippen LogP contribution is -2.55. The molecule has 5 nitrogen and oxygen atoms in total. The zero-order valence-corrected chi connectivity index (χ0v) is 12.5. The van der Waals surface area contributed by atoms with Crippen molar-refractivity contribution in [1.82, 2.24) is 9.80 Å². The lowest BCUT2D eigenvalue weighted by atomic mass is 9.87. The molecule has 0 radical (unpaired) electrons. The van der Waals surface area contributed by atoms with Crippen LogP contribution in [0.4, 0.5) is 0 Å². The topological polar surface area (TPSA) is 65.1 Å². The number of rotatable bonds is 4. The standard InChI is InChI=1S/C14H28N4O/c1-11-9-18-7-4-5-12(18)10-17(11)8-6-14(2,3)13(15)16-19/h11-12,19H,4-10H2,1-3H3,(H2,15,16). The fraction of sp³-hybridized carbons (Fsp3) is 0.929. The third-order valence-electron chi connectivity index (χ3n) is 4.89. The first-order valence-corrected chi connectivity index (χ1v) is 7.40. The Hall–Kier alpha value is -0.810. The molecule has 2 rings (SSSR count). The Balaban J connectivity index is 1.89. The van der Waals surface area contributed by atoms with Crippen LogP contribution in [0.5, 0.6) is 0 Å². The van der Waals surface area contributed by atoms with Crippen molar-refractivity contribution in [3.8, 4) is 0 Å². The first-order valence-electron chi connectivity index (χ1n) is 7.40. The Morgan fingerprint density at radius 2 is 2.16 bits per heavy atom. The van der Waals surface area contributed by atoms with E-state index >= 15 is 0 Å². The van der Waals surface area contributed by atoms with Crippen LogP contribution in [0.3, 0.4) is 0 Å². The average molecular weight is 268 g/mol. The van der Waals surface area contributed by atoms with Crippen LogP contribution in [0.25, 0.3) is 0 Å². The Labute approximate surface area is 116 Å². The van der Waals surface area contributed by atoms with Crippen LogP contribution in [0, 0.1) is 5.41 Å². The van der Waals surface area contributed by atoms with Gasteiger partial charge >= 0.3 is 0 Å². The summed E-state index contributed by atoms with van der Waals surface area (Å²) in [6.07, 6.45) is 3.62. The molecule has 0 aliphatic carbocycles. The van der Waals surface area contributed by atoms with Crippen molar-refractivity contribution in [2.75, 3.05) is 26.2 Å². The van der Waals surface area contributed by atoms with Gasteiger partial charge in [-0.2, -0.15) is 0 Å². The van der Waals surface area contributed by atoms with Crippen LogP contribution >= 0.6 is 0 Å². The Morgan fingerprint density at radius 3 is 2.84 bits per heavy atom. The van der Waals surface area contributed by atoms with E-state index in [-0.39, 0.29) is 5.41 Å². The van der Waals surface area contributed by atoms with E-state index in [1.165, 1.54) is 32.5 Å². The number of nitrogens with zero attached hydrogens (tertiary/aromatic N) is 3. The number of fused-ring (bicyclic) bond motifs is 1. The van der Waals surface area contributed by atoms with Crippen LogP contribution in [0.15, 0.2) is 5.16 Å². The highest BCUT2D eigenvalue weighted by Gasteiger charge is 2.35. The molecule has 0 aromatic heterocycles. The van der Waals surface area contributed by atoms with Crippen molar-refractivity contribution in [2.45, 2.75) is 52.1 Å². The lowest BCUT2D eigenvalue weighted by molar-refractivity contribution is 0.0543. The van der Waals surface area contributed by atoms with Gasteiger partial charge in [-0.3, -0.25) is 9.80 Å². The van der Waals surface area contributed by atoms with Gasteiger partial charge in [0.25, 0.3) is 0 Å². The fourth-order valence-electron chi connectivity index (χ4n) is 3.25. The fourth-order valence-corrected chi connectivity index (χ4v) is 3.25. The summed E-state index contributed by atoms with van der Waals surface area (Å²) in [4.78, 5) is 5.20. The summed E-state index contributed by atoms with van der Waals surface area (Å²) in [6, 6.07) is 1.36. The van der Waals surface area contributed by atoms with E-state index in [0.717, 1.165) is 19.0 Å². The van der Waals surface area contributed by atoms with Crippen molar-refractivity contribution in [2.24, 2.45) is 16.3 Å². The molecule has 0 bridgehead atoms. The van der Waals surface area contributed by atoms with Crippen molar-refractivity contribution in [1.29, 1.82) is 0 Å². The van der Waals surface area contributed by atoms with Crippen LogP contribution < -0.4 is 5.73 Å². The second kappa shape index (κ2) is 5.67. The molecule has 0 amide bonds. The molecule has 0 aromatic rings. The maximum atomic E-state index is 8.83. The molecule has 0 aromatic carbocycles. The van der Waals surface area contributed by atoms with Gasteiger partial charge in [-0.05, 0) is 39.3 Å². The van der Waals surface area contributed by atoms with E-state index in [2.05, 4.69) is 21.9 Å². The summed E-state index contributed by atoms with van der Waals surface area (Å²) < 4.78 is 0. The van der Waals surface area contributed by atoms with E-state index in [0.29, 0.717) is 11.9 Å². The van der Waals surface area contributed by atoms with Gasteiger partial charge < -0.3 is 10.9 Å². The second-order valence-corrected chi connectivity index (χ2v) is 6.75. The van der Waals surface area contributed by atoms with Gasteiger partial charge in [0.1, 0.15) is 5.84 Å². The number of hydrogen-bond donors (Lipinski definition) is 2. The summed E-state index contributed by atoms with van der Waals surface area (Å²) in [5.74, 6) is 0.333. The molecule has 2 unspecified atom stereocenters. The maximum Gasteiger partial charge on any atom is 0.144 e. The molecule has 2 saturated heterocycles. The summed E-state index contributed by atoms with van der Waals surface area (Å²) in [7, 11) is 0. The van der Waals surface area contributed by atoms with E-state index in [4.69, 9.17) is 10.9 Å². The highest BCUT2D eigenvalue weighted by atomic mass is 16.4. The third kappa shape index (κ3) is 3.20. The minimum absolute atomic E-state index is 0.235. The Bertz CT molecular complexity index is 342. The van der Waals surface area contributed by atoms with Gasteiger partial charge in [0, 0.05) is 30.6 Å². The molecule has 2 heterocycles. The van der Waals surface area contributed by atoms with E-state index in [9.17, 15) is 0 Å². The minimum Gasteiger partial charge on any atom is -0.409 e. The molecule has 2 aliphatic heterocycles. The molecular formula is C14H28N4O.